The Morgan fingerprint density at radius 2 is 1.94 bits per heavy atom. The number of nitrogens with one attached hydrogen (secondary N) is 1. The monoisotopic (exact) mass is 338 g/mol. The number of likely N-dealkylation sites (N-methyl/N-ethyl adjacent to an activating group) is 1. The molecule has 0 unspecified atom stereocenters. The van der Waals surface area contributed by atoms with Crippen LogP contribution >= 0.6 is 24.0 Å². The molecule has 0 atom stereocenters. The number of likely N-dealkylation sites (tertiary alicyclic amines) is 1. The molecule has 1 N–H and O–H groups in total. The zero-order chi connectivity index (χ0) is 10.5. The summed E-state index contributed by atoms with van der Waals surface area (Å²) in [6.07, 6.45) is 4.17. The Morgan fingerprint density at radius 1 is 1.19 bits per heavy atom. The quantitative estimate of drug-likeness (QED) is 0.779. The van der Waals surface area contributed by atoms with Crippen LogP contribution in [-0.4, -0.2) is 62.1 Å². The highest BCUT2D eigenvalue weighted by molar-refractivity contribution is 14.0. The molecular weight excluding hydrogens is 315 g/mol. The molecule has 1 saturated heterocycles. The first kappa shape index (κ1) is 14.0. The maximum absolute atomic E-state index is 4.41. The van der Waals surface area contributed by atoms with Gasteiger partial charge in [0.25, 0.3) is 0 Å². The topological polar surface area (TPSA) is 30.9 Å². The van der Waals surface area contributed by atoms with Gasteiger partial charge in [-0.2, -0.15) is 0 Å². The Kier molecular flexibility index (Phi) is 6.41. The highest BCUT2D eigenvalue weighted by atomic mass is 127. The van der Waals surface area contributed by atoms with E-state index in [9.17, 15) is 0 Å². The largest absolute Gasteiger partial charge is 0.355 e. The molecule has 0 aliphatic carbocycles. The molecule has 0 aromatic heterocycles. The molecule has 0 aromatic carbocycles. The lowest BCUT2D eigenvalue weighted by atomic mass is 10.1. The number of halogens is 1. The van der Waals surface area contributed by atoms with Gasteiger partial charge >= 0.3 is 0 Å². The van der Waals surface area contributed by atoms with E-state index < -0.39 is 0 Å². The third-order valence-electron chi connectivity index (χ3n) is 3.22. The van der Waals surface area contributed by atoms with E-state index in [0.29, 0.717) is 0 Å². The van der Waals surface area contributed by atoms with Crippen molar-refractivity contribution >= 4 is 29.9 Å². The van der Waals surface area contributed by atoms with Crippen LogP contribution in [0.15, 0.2) is 4.99 Å². The highest BCUT2D eigenvalue weighted by Crippen LogP contribution is 2.07. The molecule has 0 bridgehead atoms. The molecule has 16 heavy (non-hydrogen) atoms. The lowest BCUT2D eigenvalue weighted by Crippen LogP contribution is -2.41. The average Bonchev–Trinajstić information content (AvgIpc) is 2.66. The van der Waals surface area contributed by atoms with Gasteiger partial charge in [0.15, 0.2) is 5.96 Å². The zero-order valence-electron chi connectivity index (χ0n) is 10.1. The molecule has 4 nitrogen and oxygen atoms in total. The van der Waals surface area contributed by atoms with Gasteiger partial charge in [-0.3, -0.25) is 4.99 Å². The van der Waals surface area contributed by atoms with E-state index in [0.717, 1.165) is 32.1 Å². The average molecular weight is 338 g/mol. The Morgan fingerprint density at radius 3 is 2.56 bits per heavy atom. The van der Waals surface area contributed by atoms with E-state index in [1.54, 1.807) is 0 Å². The second-order valence-corrected chi connectivity index (χ2v) is 4.46. The molecule has 2 heterocycles. The Labute approximate surface area is 115 Å². The number of hydrogen-bond acceptors (Lipinski definition) is 4. The van der Waals surface area contributed by atoms with Crippen molar-refractivity contribution in [2.24, 2.45) is 4.99 Å². The first-order chi connectivity index (χ1) is 7.36. The van der Waals surface area contributed by atoms with Crippen LogP contribution in [0.25, 0.3) is 0 Å². The summed E-state index contributed by atoms with van der Waals surface area (Å²) in [5.41, 5.74) is 0. The lowest BCUT2D eigenvalue weighted by molar-refractivity contribution is 0.232. The third-order valence-corrected chi connectivity index (χ3v) is 3.22. The molecule has 0 radical (unpaired) electrons. The van der Waals surface area contributed by atoms with Gasteiger partial charge in [-0.15, -0.1) is 24.0 Å². The first-order valence-electron chi connectivity index (χ1n) is 6.08. The fourth-order valence-electron chi connectivity index (χ4n) is 2.23. The van der Waals surface area contributed by atoms with Gasteiger partial charge in [-0.1, -0.05) is 6.42 Å². The maximum atomic E-state index is 4.41. The van der Waals surface area contributed by atoms with Gasteiger partial charge in [0.05, 0.1) is 6.54 Å². The molecule has 0 saturated carbocycles. The zero-order valence-corrected chi connectivity index (χ0v) is 12.4. The van der Waals surface area contributed by atoms with E-state index >= 15 is 0 Å². The van der Waals surface area contributed by atoms with Crippen LogP contribution in [0.1, 0.15) is 19.3 Å². The van der Waals surface area contributed by atoms with Gasteiger partial charge in [0.1, 0.15) is 0 Å². The van der Waals surface area contributed by atoms with E-state index in [2.05, 4.69) is 27.2 Å². The van der Waals surface area contributed by atoms with Crippen LogP contribution in [-0.2, 0) is 0 Å². The minimum atomic E-state index is 0. The summed E-state index contributed by atoms with van der Waals surface area (Å²) in [7, 11) is 2.10. The molecule has 2 aliphatic rings. The molecule has 94 valence electrons. The summed E-state index contributed by atoms with van der Waals surface area (Å²) < 4.78 is 0. The van der Waals surface area contributed by atoms with Crippen molar-refractivity contribution in [3.8, 4) is 0 Å². The normalized spacial score (nSPS) is 21.6. The number of hydrogen-bond donors (Lipinski definition) is 1. The Balaban J connectivity index is 0.00000128. The number of piperidine rings is 1. The predicted octanol–water partition coefficient (Wildman–Crippen LogP) is 0.981. The van der Waals surface area contributed by atoms with Crippen molar-refractivity contribution in [1.29, 1.82) is 0 Å². The predicted molar refractivity (Wildman–Crippen MR) is 78.6 cm³/mol. The summed E-state index contributed by atoms with van der Waals surface area (Å²) in [5, 5.41) is 3.41. The minimum Gasteiger partial charge on any atom is -0.355 e. The van der Waals surface area contributed by atoms with Gasteiger partial charge in [0, 0.05) is 26.7 Å². The number of nitrogens with zero attached hydrogens (tertiary/aromatic N) is 3. The van der Waals surface area contributed by atoms with Gasteiger partial charge < -0.3 is 15.1 Å². The molecule has 2 rings (SSSR count). The van der Waals surface area contributed by atoms with Gasteiger partial charge in [-0.25, -0.2) is 0 Å². The van der Waals surface area contributed by atoms with Crippen LogP contribution in [0.2, 0.25) is 0 Å². The summed E-state index contributed by atoms with van der Waals surface area (Å²) in [6, 6.07) is 0. The van der Waals surface area contributed by atoms with Crippen molar-refractivity contribution in [2.45, 2.75) is 19.3 Å². The standard InChI is InChI=1S/C11H22N4.HI/c1-14-9-5-12-11(14)13-6-10-15-7-3-2-4-8-15;/h2-10H2,1H3,(H,12,13);1H. The smallest absolute Gasteiger partial charge is 0.193 e. The summed E-state index contributed by atoms with van der Waals surface area (Å²) >= 11 is 0. The molecule has 0 aromatic rings. The second kappa shape index (κ2) is 7.32. The van der Waals surface area contributed by atoms with Crippen LogP contribution < -0.4 is 5.32 Å². The first-order valence-corrected chi connectivity index (χ1v) is 6.08. The van der Waals surface area contributed by atoms with Gasteiger partial charge in [-0.05, 0) is 25.9 Å². The van der Waals surface area contributed by atoms with Crippen molar-refractivity contribution in [1.82, 2.24) is 15.1 Å². The second-order valence-electron chi connectivity index (χ2n) is 4.46. The summed E-state index contributed by atoms with van der Waals surface area (Å²) in [4.78, 5) is 9.15. The number of aliphatic imine (C=N–C) groups is 1. The molecule has 0 amide bonds. The molecule has 5 heteroatoms. The van der Waals surface area contributed by atoms with Crippen molar-refractivity contribution in [3.05, 3.63) is 0 Å². The van der Waals surface area contributed by atoms with Crippen molar-refractivity contribution in [2.75, 3.05) is 46.3 Å². The van der Waals surface area contributed by atoms with E-state index in [4.69, 9.17) is 0 Å². The molecular formula is C11H23IN4. The van der Waals surface area contributed by atoms with E-state index in [1.807, 2.05) is 0 Å². The van der Waals surface area contributed by atoms with Crippen LogP contribution in [0.4, 0.5) is 0 Å². The van der Waals surface area contributed by atoms with Crippen LogP contribution in [0, 0.1) is 0 Å². The molecule has 0 spiro atoms. The van der Waals surface area contributed by atoms with Crippen LogP contribution in [0.5, 0.6) is 0 Å². The lowest BCUT2D eigenvalue weighted by Gasteiger charge is -2.26. The number of guanidine groups is 1. The SMILES string of the molecule is CN1CCN=C1NCCN1CCCCC1.I. The van der Waals surface area contributed by atoms with Crippen LogP contribution in [0.3, 0.4) is 0 Å². The maximum Gasteiger partial charge on any atom is 0.193 e. The van der Waals surface area contributed by atoms with Crippen molar-refractivity contribution < 1.29 is 0 Å². The van der Waals surface area contributed by atoms with Crippen molar-refractivity contribution in [3.63, 3.8) is 0 Å². The fraction of sp³-hybridized carbons (Fsp3) is 0.909. The highest BCUT2D eigenvalue weighted by Gasteiger charge is 2.13. The fourth-order valence-corrected chi connectivity index (χ4v) is 2.23. The van der Waals surface area contributed by atoms with Gasteiger partial charge in [0.2, 0.25) is 0 Å². The number of rotatable bonds is 3. The van der Waals surface area contributed by atoms with E-state index in [1.165, 1.54) is 32.4 Å². The third kappa shape index (κ3) is 4.08. The Hall–Kier alpha value is -0.0400. The summed E-state index contributed by atoms with van der Waals surface area (Å²) in [5.74, 6) is 1.08. The molecule has 2 aliphatic heterocycles. The van der Waals surface area contributed by atoms with E-state index in [-0.39, 0.29) is 24.0 Å². The molecule has 1 fully saturated rings. The summed E-state index contributed by atoms with van der Waals surface area (Å²) in [6.45, 7) is 6.76. The Bertz CT molecular complexity index is 226. The minimum absolute atomic E-state index is 0.